The van der Waals surface area contributed by atoms with Gasteiger partial charge in [0.05, 0.1) is 0 Å². The lowest BCUT2D eigenvalue weighted by molar-refractivity contribution is 0.0949. The second-order valence-electron chi connectivity index (χ2n) is 6.79. The fraction of sp³-hybridized carbons (Fsp3) is 0.600. The predicted octanol–water partition coefficient (Wildman–Crippen LogP) is 3.21. The number of rotatable bonds is 8. The quantitative estimate of drug-likeness (QED) is 0.666. The smallest absolute Gasteiger partial charge is 0.319 e. The van der Waals surface area contributed by atoms with Gasteiger partial charge >= 0.3 is 6.03 Å². The molecule has 0 heterocycles. The van der Waals surface area contributed by atoms with Crippen molar-refractivity contribution < 1.29 is 9.59 Å². The lowest BCUT2D eigenvalue weighted by Crippen LogP contribution is -2.39. The zero-order valence-electron chi connectivity index (χ0n) is 16.0. The summed E-state index contributed by atoms with van der Waals surface area (Å²) in [5.41, 5.74) is 1.29. The van der Waals surface area contributed by atoms with Gasteiger partial charge < -0.3 is 20.9 Å². The lowest BCUT2D eigenvalue weighted by Gasteiger charge is -2.22. The Hall–Kier alpha value is -2.08. The number of benzene rings is 1. The number of nitrogens with one attached hydrogen (secondary N) is 3. The Morgan fingerprint density at radius 1 is 1.04 bits per heavy atom. The molecular formula is C20H32N4O2. The zero-order chi connectivity index (χ0) is 18.8. The second-order valence-corrected chi connectivity index (χ2v) is 6.79. The van der Waals surface area contributed by atoms with Crippen molar-refractivity contribution in [2.75, 3.05) is 31.5 Å². The molecule has 0 aliphatic heterocycles. The highest BCUT2D eigenvalue weighted by Crippen LogP contribution is 2.17. The molecule has 3 N–H and O–H groups in total. The molecule has 0 radical (unpaired) electrons. The molecule has 1 aromatic rings. The van der Waals surface area contributed by atoms with Crippen LogP contribution in [0.3, 0.4) is 0 Å². The number of anilines is 1. The standard InChI is InChI=1S/C20H32N4O2/c1-3-24(4-2)15-14-21-19(25)16-10-12-18(13-11-16)23-20(26)22-17-8-6-5-7-9-17/h10-13,17H,3-9,14-15H2,1-2H3,(H,21,25)(H2,22,23,26). The minimum Gasteiger partial charge on any atom is -0.351 e. The molecule has 6 heteroatoms. The summed E-state index contributed by atoms with van der Waals surface area (Å²) in [6.45, 7) is 7.66. The van der Waals surface area contributed by atoms with Gasteiger partial charge in [0.25, 0.3) is 5.91 Å². The summed E-state index contributed by atoms with van der Waals surface area (Å²) in [6, 6.07) is 7.11. The third-order valence-corrected chi connectivity index (χ3v) is 4.95. The SMILES string of the molecule is CCN(CC)CCNC(=O)c1ccc(NC(=O)NC2CCCCC2)cc1. The van der Waals surface area contributed by atoms with E-state index in [0.29, 0.717) is 17.8 Å². The highest BCUT2D eigenvalue weighted by atomic mass is 16.2. The molecule has 1 fully saturated rings. The van der Waals surface area contributed by atoms with Crippen molar-refractivity contribution in [1.29, 1.82) is 0 Å². The molecule has 1 saturated carbocycles. The number of urea groups is 1. The maximum atomic E-state index is 12.2. The summed E-state index contributed by atoms with van der Waals surface area (Å²) in [5, 5.41) is 8.79. The maximum absolute atomic E-state index is 12.2. The molecule has 3 amide bonds. The summed E-state index contributed by atoms with van der Waals surface area (Å²) in [6.07, 6.45) is 5.74. The van der Waals surface area contributed by atoms with Gasteiger partial charge in [-0.25, -0.2) is 4.79 Å². The minimum atomic E-state index is -0.173. The molecule has 0 saturated heterocycles. The van der Waals surface area contributed by atoms with E-state index in [9.17, 15) is 9.59 Å². The molecule has 1 aliphatic rings. The van der Waals surface area contributed by atoms with Gasteiger partial charge in [-0.2, -0.15) is 0 Å². The molecule has 2 rings (SSSR count). The molecule has 0 aromatic heterocycles. The number of carbonyl (C=O) groups is 2. The van der Waals surface area contributed by atoms with Crippen LogP contribution in [0.15, 0.2) is 24.3 Å². The highest BCUT2D eigenvalue weighted by Gasteiger charge is 2.15. The first-order valence-electron chi connectivity index (χ1n) is 9.80. The highest BCUT2D eigenvalue weighted by molar-refractivity contribution is 5.95. The van der Waals surface area contributed by atoms with Crippen LogP contribution >= 0.6 is 0 Å². The van der Waals surface area contributed by atoms with Crippen LogP contribution < -0.4 is 16.0 Å². The van der Waals surface area contributed by atoms with E-state index in [-0.39, 0.29) is 18.0 Å². The van der Waals surface area contributed by atoms with Crippen LogP contribution in [-0.4, -0.2) is 49.1 Å². The molecule has 0 atom stereocenters. The van der Waals surface area contributed by atoms with Gasteiger partial charge in [0.1, 0.15) is 0 Å². The zero-order valence-corrected chi connectivity index (χ0v) is 16.0. The van der Waals surface area contributed by atoms with Crippen LogP contribution in [0.4, 0.5) is 10.5 Å². The van der Waals surface area contributed by atoms with E-state index in [2.05, 4.69) is 34.7 Å². The fourth-order valence-electron chi connectivity index (χ4n) is 3.27. The van der Waals surface area contributed by atoms with Gasteiger partial charge in [-0.1, -0.05) is 33.1 Å². The average Bonchev–Trinajstić information content (AvgIpc) is 2.66. The first kappa shape index (κ1) is 20.2. The number of nitrogens with zero attached hydrogens (tertiary/aromatic N) is 1. The summed E-state index contributed by atoms with van der Waals surface area (Å²) in [7, 11) is 0. The minimum absolute atomic E-state index is 0.0876. The summed E-state index contributed by atoms with van der Waals surface area (Å²) in [5.74, 6) is -0.0876. The van der Waals surface area contributed by atoms with Crippen molar-refractivity contribution in [1.82, 2.24) is 15.5 Å². The Bertz CT molecular complexity index is 564. The normalized spacial score (nSPS) is 14.9. The third kappa shape index (κ3) is 6.67. The number of hydrogen-bond donors (Lipinski definition) is 3. The lowest BCUT2D eigenvalue weighted by atomic mass is 9.96. The van der Waals surface area contributed by atoms with Gasteiger partial charge in [0, 0.05) is 30.4 Å². The van der Waals surface area contributed by atoms with Crippen molar-refractivity contribution in [3.63, 3.8) is 0 Å². The van der Waals surface area contributed by atoms with Crippen molar-refractivity contribution in [2.45, 2.75) is 52.0 Å². The summed E-state index contributed by atoms with van der Waals surface area (Å²) in [4.78, 5) is 26.5. The number of amides is 3. The molecule has 0 unspecified atom stereocenters. The monoisotopic (exact) mass is 360 g/mol. The van der Waals surface area contributed by atoms with E-state index in [1.165, 1.54) is 19.3 Å². The van der Waals surface area contributed by atoms with Crippen molar-refractivity contribution >= 4 is 17.6 Å². The van der Waals surface area contributed by atoms with Gasteiger partial charge in [-0.3, -0.25) is 4.79 Å². The molecule has 0 bridgehead atoms. The van der Waals surface area contributed by atoms with Crippen LogP contribution in [0.1, 0.15) is 56.3 Å². The van der Waals surface area contributed by atoms with Crippen LogP contribution in [0.25, 0.3) is 0 Å². The fourth-order valence-corrected chi connectivity index (χ4v) is 3.27. The molecule has 1 aliphatic carbocycles. The van der Waals surface area contributed by atoms with E-state index in [1.807, 2.05) is 0 Å². The van der Waals surface area contributed by atoms with Gasteiger partial charge in [0.2, 0.25) is 0 Å². The Labute approximate surface area is 156 Å². The Morgan fingerprint density at radius 3 is 2.31 bits per heavy atom. The van der Waals surface area contributed by atoms with Gasteiger partial charge in [0.15, 0.2) is 0 Å². The van der Waals surface area contributed by atoms with Gasteiger partial charge in [-0.05, 0) is 50.2 Å². The van der Waals surface area contributed by atoms with Crippen molar-refractivity contribution in [3.05, 3.63) is 29.8 Å². The number of carbonyl (C=O) groups excluding carboxylic acids is 2. The Morgan fingerprint density at radius 2 is 1.69 bits per heavy atom. The first-order chi connectivity index (χ1) is 12.6. The van der Waals surface area contributed by atoms with E-state index in [0.717, 1.165) is 32.5 Å². The number of hydrogen-bond acceptors (Lipinski definition) is 3. The maximum Gasteiger partial charge on any atom is 0.319 e. The van der Waals surface area contributed by atoms with Crippen molar-refractivity contribution in [2.24, 2.45) is 0 Å². The van der Waals surface area contributed by atoms with E-state index in [1.54, 1.807) is 24.3 Å². The molecule has 1 aromatic carbocycles. The third-order valence-electron chi connectivity index (χ3n) is 4.95. The van der Waals surface area contributed by atoms with E-state index >= 15 is 0 Å². The van der Waals surface area contributed by atoms with Crippen molar-refractivity contribution in [3.8, 4) is 0 Å². The van der Waals surface area contributed by atoms with E-state index in [4.69, 9.17) is 0 Å². The largest absolute Gasteiger partial charge is 0.351 e. The summed E-state index contributed by atoms with van der Waals surface area (Å²) >= 11 is 0. The van der Waals surface area contributed by atoms with Crippen LogP contribution in [0, 0.1) is 0 Å². The molecule has 6 nitrogen and oxygen atoms in total. The van der Waals surface area contributed by atoms with Crippen LogP contribution in [0.2, 0.25) is 0 Å². The Kier molecular flexibility index (Phi) is 8.41. The molecular weight excluding hydrogens is 328 g/mol. The van der Waals surface area contributed by atoms with Crippen LogP contribution in [-0.2, 0) is 0 Å². The topological polar surface area (TPSA) is 73.5 Å². The Balaban J connectivity index is 1.75. The average molecular weight is 361 g/mol. The number of likely N-dealkylation sites (N-methyl/N-ethyl adjacent to an activating group) is 1. The molecule has 26 heavy (non-hydrogen) atoms. The second kappa shape index (κ2) is 10.8. The van der Waals surface area contributed by atoms with E-state index < -0.39 is 0 Å². The molecule has 0 spiro atoms. The molecule has 144 valence electrons. The first-order valence-corrected chi connectivity index (χ1v) is 9.80. The summed E-state index contributed by atoms with van der Waals surface area (Å²) < 4.78 is 0. The van der Waals surface area contributed by atoms with Gasteiger partial charge in [-0.15, -0.1) is 0 Å². The predicted molar refractivity (Wildman–Crippen MR) is 106 cm³/mol. The van der Waals surface area contributed by atoms with Crippen LogP contribution in [0.5, 0.6) is 0 Å².